The van der Waals surface area contributed by atoms with Gasteiger partial charge >= 0.3 is 0 Å². The maximum absolute atomic E-state index is 12.8. The summed E-state index contributed by atoms with van der Waals surface area (Å²) < 4.78 is 0. The lowest BCUT2D eigenvalue weighted by Gasteiger charge is -2.24. The Hall–Kier alpha value is -2.28. The van der Waals surface area contributed by atoms with Crippen LogP contribution in [0.4, 0.5) is 0 Å². The Morgan fingerprint density at radius 3 is 2.62 bits per heavy atom. The molecule has 7 heteroatoms. The molecule has 0 saturated carbocycles. The number of hydrogen-bond donors (Lipinski definition) is 0. The summed E-state index contributed by atoms with van der Waals surface area (Å²) in [5.41, 5.74) is 1.82. The van der Waals surface area contributed by atoms with Crippen molar-refractivity contribution >= 4 is 23.2 Å². The number of pyridine rings is 1. The molecule has 1 fully saturated rings. The molecule has 0 radical (unpaired) electrons. The van der Waals surface area contributed by atoms with Crippen LogP contribution in [0.1, 0.15) is 23.3 Å². The zero-order valence-corrected chi connectivity index (χ0v) is 16.0. The summed E-state index contributed by atoms with van der Waals surface area (Å²) in [6, 6.07) is 5.85. The molecule has 1 aliphatic rings. The summed E-state index contributed by atoms with van der Waals surface area (Å²) in [7, 11) is 0. The second-order valence-electron chi connectivity index (χ2n) is 6.73. The first-order valence-corrected chi connectivity index (χ1v) is 9.73. The minimum Gasteiger partial charge on any atom is -0.341 e. The summed E-state index contributed by atoms with van der Waals surface area (Å²) in [6.45, 7) is 5.98. The van der Waals surface area contributed by atoms with Gasteiger partial charge in [0.05, 0.1) is 17.1 Å². The van der Waals surface area contributed by atoms with E-state index in [0.717, 1.165) is 22.8 Å². The molecule has 0 spiro atoms. The summed E-state index contributed by atoms with van der Waals surface area (Å²) >= 11 is 1.56. The quantitative estimate of drug-likeness (QED) is 0.823. The van der Waals surface area contributed by atoms with Gasteiger partial charge in [-0.2, -0.15) is 0 Å². The molecule has 138 valence electrons. The average molecular weight is 372 g/mol. The van der Waals surface area contributed by atoms with E-state index < -0.39 is 0 Å². The second-order valence-corrected chi connectivity index (χ2v) is 7.79. The van der Waals surface area contributed by atoms with Crippen molar-refractivity contribution in [2.75, 3.05) is 26.2 Å². The predicted molar refractivity (Wildman–Crippen MR) is 101 cm³/mol. The molecule has 2 amide bonds. The van der Waals surface area contributed by atoms with Gasteiger partial charge in [-0.15, -0.1) is 11.3 Å². The molecular formula is C19H24N4O2S. The Labute approximate surface area is 157 Å². The van der Waals surface area contributed by atoms with E-state index in [-0.39, 0.29) is 17.7 Å². The van der Waals surface area contributed by atoms with E-state index in [9.17, 15) is 9.59 Å². The second kappa shape index (κ2) is 8.40. The minimum atomic E-state index is 0.0560. The van der Waals surface area contributed by atoms with Crippen LogP contribution in [0.15, 0.2) is 29.8 Å². The molecule has 26 heavy (non-hydrogen) atoms. The summed E-state index contributed by atoms with van der Waals surface area (Å²) in [5.74, 6) is 0.310. The van der Waals surface area contributed by atoms with Crippen molar-refractivity contribution in [1.82, 2.24) is 19.8 Å². The normalized spacial score (nSPS) is 17.8. The van der Waals surface area contributed by atoms with Gasteiger partial charge in [-0.25, -0.2) is 4.98 Å². The number of thiazole rings is 1. The first-order valence-electron chi connectivity index (χ1n) is 8.85. The molecule has 1 saturated heterocycles. The lowest BCUT2D eigenvalue weighted by molar-refractivity contribution is -0.132. The molecule has 3 rings (SSSR count). The molecule has 0 unspecified atom stereocenters. The predicted octanol–water partition coefficient (Wildman–Crippen LogP) is 1.94. The number of rotatable bonds is 4. The summed E-state index contributed by atoms with van der Waals surface area (Å²) in [6.07, 6.45) is 2.85. The van der Waals surface area contributed by atoms with E-state index >= 15 is 0 Å². The van der Waals surface area contributed by atoms with Crippen molar-refractivity contribution in [2.24, 2.45) is 5.92 Å². The summed E-state index contributed by atoms with van der Waals surface area (Å²) in [4.78, 5) is 37.2. The Kier molecular flexibility index (Phi) is 5.98. The van der Waals surface area contributed by atoms with Gasteiger partial charge in [0, 0.05) is 50.4 Å². The fraction of sp³-hybridized carbons (Fsp3) is 0.474. The van der Waals surface area contributed by atoms with Gasteiger partial charge in [-0.05, 0) is 31.4 Å². The topological polar surface area (TPSA) is 66.4 Å². The minimum absolute atomic E-state index is 0.0560. The molecule has 0 N–H and O–H groups in total. The van der Waals surface area contributed by atoms with Gasteiger partial charge in [-0.3, -0.25) is 14.6 Å². The van der Waals surface area contributed by atoms with Crippen molar-refractivity contribution in [3.05, 3.63) is 46.2 Å². The molecule has 0 aliphatic carbocycles. The fourth-order valence-corrected chi connectivity index (χ4v) is 3.93. The maximum Gasteiger partial charge on any atom is 0.228 e. The third-order valence-corrected chi connectivity index (χ3v) is 5.44. The van der Waals surface area contributed by atoms with E-state index in [2.05, 4.69) is 9.97 Å². The van der Waals surface area contributed by atoms with Crippen molar-refractivity contribution in [2.45, 2.75) is 26.7 Å². The van der Waals surface area contributed by atoms with Gasteiger partial charge in [0.1, 0.15) is 0 Å². The van der Waals surface area contributed by atoms with Gasteiger partial charge in [0.2, 0.25) is 11.8 Å². The van der Waals surface area contributed by atoms with Crippen LogP contribution in [0.25, 0.3) is 0 Å². The van der Waals surface area contributed by atoms with Gasteiger partial charge in [0.25, 0.3) is 0 Å². The Balaban J connectivity index is 1.71. The number of carbonyl (C=O) groups is 2. The fourth-order valence-electron chi connectivity index (χ4n) is 3.32. The largest absolute Gasteiger partial charge is 0.341 e. The number of aromatic nitrogens is 2. The molecule has 0 aromatic carbocycles. The first-order chi connectivity index (χ1) is 12.5. The van der Waals surface area contributed by atoms with Crippen LogP contribution < -0.4 is 0 Å². The van der Waals surface area contributed by atoms with Gasteiger partial charge in [-0.1, -0.05) is 6.07 Å². The highest BCUT2D eigenvalue weighted by Gasteiger charge is 2.27. The Bertz CT molecular complexity index is 762. The number of hydrogen-bond acceptors (Lipinski definition) is 5. The molecule has 0 bridgehead atoms. The van der Waals surface area contributed by atoms with E-state index in [1.54, 1.807) is 24.5 Å². The van der Waals surface area contributed by atoms with Gasteiger partial charge < -0.3 is 9.80 Å². The highest BCUT2D eigenvalue weighted by atomic mass is 32.1. The van der Waals surface area contributed by atoms with E-state index in [0.29, 0.717) is 32.6 Å². The monoisotopic (exact) mass is 372 g/mol. The third-order valence-electron chi connectivity index (χ3n) is 4.62. The van der Waals surface area contributed by atoms with Crippen LogP contribution in [-0.2, 0) is 22.4 Å². The third kappa shape index (κ3) is 4.88. The molecular weight excluding hydrogens is 348 g/mol. The number of nitrogens with zero attached hydrogens (tertiary/aromatic N) is 4. The van der Waals surface area contributed by atoms with Crippen LogP contribution >= 0.6 is 11.3 Å². The number of amides is 2. The molecule has 2 aromatic rings. The van der Waals surface area contributed by atoms with E-state index in [4.69, 9.17) is 0 Å². The molecule has 1 aliphatic heterocycles. The van der Waals surface area contributed by atoms with E-state index in [1.807, 2.05) is 40.3 Å². The number of carbonyl (C=O) groups excluding carboxylic acids is 2. The average Bonchev–Trinajstić information content (AvgIpc) is 2.90. The molecule has 1 atom stereocenters. The van der Waals surface area contributed by atoms with Crippen molar-refractivity contribution in [1.29, 1.82) is 0 Å². The SMILES string of the molecule is CC(=O)N1CCN(C(=O)Cc2csc(C)n2)C[C@H](Cc2ccccn2)C1. The molecule has 6 nitrogen and oxygen atoms in total. The Morgan fingerprint density at radius 2 is 1.96 bits per heavy atom. The summed E-state index contributed by atoms with van der Waals surface area (Å²) in [5, 5.41) is 2.91. The molecule has 2 aromatic heterocycles. The zero-order valence-electron chi connectivity index (χ0n) is 15.2. The van der Waals surface area contributed by atoms with Crippen LogP contribution in [0.5, 0.6) is 0 Å². The highest BCUT2D eigenvalue weighted by Crippen LogP contribution is 2.16. The lowest BCUT2D eigenvalue weighted by Crippen LogP contribution is -2.37. The van der Waals surface area contributed by atoms with Gasteiger partial charge in [0.15, 0.2) is 0 Å². The molecule has 3 heterocycles. The number of aryl methyl sites for hydroxylation is 1. The van der Waals surface area contributed by atoms with Crippen LogP contribution in [-0.4, -0.2) is 57.8 Å². The first kappa shape index (κ1) is 18.5. The Morgan fingerprint density at radius 1 is 1.19 bits per heavy atom. The smallest absolute Gasteiger partial charge is 0.228 e. The van der Waals surface area contributed by atoms with Crippen molar-refractivity contribution < 1.29 is 9.59 Å². The van der Waals surface area contributed by atoms with Crippen molar-refractivity contribution in [3.63, 3.8) is 0 Å². The van der Waals surface area contributed by atoms with Crippen molar-refractivity contribution in [3.8, 4) is 0 Å². The lowest BCUT2D eigenvalue weighted by atomic mass is 10.0. The van der Waals surface area contributed by atoms with E-state index in [1.165, 1.54) is 0 Å². The standard InChI is InChI=1S/C19H24N4O2S/c1-14-21-18(13-26-14)10-19(25)23-8-7-22(15(2)24)11-16(12-23)9-17-5-3-4-6-20-17/h3-6,13,16H,7-12H2,1-2H3/t16-/m1/s1. The van der Waals surface area contributed by atoms with Crippen LogP contribution in [0.2, 0.25) is 0 Å². The van der Waals surface area contributed by atoms with Crippen LogP contribution in [0.3, 0.4) is 0 Å². The zero-order chi connectivity index (χ0) is 18.5. The highest BCUT2D eigenvalue weighted by molar-refractivity contribution is 7.09. The van der Waals surface area contributed by atoms with Crippen LogP contribution in [0, 0.1) is 12.8 Å². The maximum atomic E-state index is 12.8.